The van der Waals surface area contributed by atoms with Gasteiger partial charge in [-0.2, -0.15) is 0 Å². The number of fused-ring (bicyclic) bond motifs is 1. The molecule has 1 aliphatic rings. The SMILES string of the molecule is C[C@H]1c2cccn2CCN1CC(=O)Nc1ccccc1Oc1ccccc1. The van der Waals surface area contributed by atoms with Gasteiger partial charge in [-0.3, -0.25) is 9.69 Å². The molecule has 0 radical (unpaired) electrons. The van der Waals surface area contributed by atoms with Gasteiger partial charge in [-0.15, -0.1) is 0 Å². The van der Waals surface area contributed by atoms with Crippen LogP contribution in [0.1, 0.15) is 18.7 Å². The Morgan fingerprint density at radius 2 is 1.81 bits per heavy atom. The summed E-state index contributed by atoms with van der Waals surface area (Å²) in [6.45, 7) is 4.27. The Kier molecular flexibility index (Phi) is 4.94. The fourth-order valence-corrected chi connectivity index (χ4v) is 3.49. The Morgan fingerprint density at radius 1 is 1.04 bits per heavy atom. The number of nitrogens with one attached hydrogen (secondary N) is 1. The highest BCUT2D eigenvalue weighted by molar-refractivity contribution is 5.93. The molecule has 0 bridgehead atoms. The molecule has 3 aromatic rings. The smallest absolute Gasteiger partial charge is 0.238 e. The first-order chi connectivity index (χ1) is 13.2. The molecule has 4 rings (SSSR count). The van der Waals surface area contributed by atoms with E-state index in [1.54, 1.807) is 0 Å². The van der Waals surface area contributed by atoms with Crippen LogP contribution in [0.3, 0.4) is 0 Å². The van der Waals surface area contributed by atoms with Crippen LogP contribution in [0.15, 0.2) is 72.9 Å². The van der Waals surface area contributed by atoms with Crippen LogP contribution in [0.5, 0.6) is 11.5 Å². The molecule has 1 aromatic heterocycles. The van der Waals surface area contributed by atoms with Crippen molar-refractivity contribution < 1.29 is 9.53 Å². The molecule has 1 aliphatic heterocycles. The highest BCUT2D eigenvalue weighted by Crippen LogP contribution is 2.29. The summed E-state index contributed by atoms with van der Waals surface area (Å²) in [5, 5.41) is 3.00. The molecule has 2 heterocycles. The third-order valence-corrected chi connectivity index (χ3v) is 4.95. The predicted octanol–water partition coefficient (Wildman–Crippen LogP) is 4.30. The van der Waals surface area contributed by atoms with Crippen LogP contribution in [-0.2, 0) is 11.3 Å². The first-order valence-corrected chi connectivity index (χ1v) is 9.21. The van der Waals surface area contributed by atoms with E-state index in [0.717, 1.165) is 18.8 Å². The van der Waals surface area contributed by atoms with Gasteiger partial charge in [0.2, 0.25) is 5.91 Å². The Labute approximate surface area is 159 Å². The van der Waals surface area contributed by atoms with Crippen molar-refractivity contribution in [3.05, 3.63) is 78.6 Å². The molecule has 0 saturated heterocycles. The molecule has 138 valence electrons. The fraction of sp³-hybridized carbons (Fsp3) is 0.227. The average molecular weight is 361 g/mol. The number of carbonyl (C=O) groups is 1. The van der Waals surface area contributed by atoms with E-state index in [4.69, 9.17) is 4.74 Å². The summed E-state index contributed by atoms with van der Waals surface area (Å²) in [7, 11) is 0. The number of hydrogen-bond acceptors (Lipinski definition) is 3. The summed E-state index contributed by atoms with van der Waals surface area (Å²) in [6.07, 6.45) is 2.10. The zero-order valence-electron chi connectivity index (χ0n) is 15.3. The van der Waals surface area contributed by atoms with Gasteiger partial charge in [-0.25, -0.2) is 0 Å². The van der Waals surface area contributed by atoms with E-state index in [1.165, 1.54) is 5.69 Å². The van der Waals surface area contributed by atoms with Crippen molar-refractivity contribution in [3.63, 3.8) is 0 Å². The minimum Gasteiger partial charge on any atom is -0.455 e. The molecule has 1 amide bonds. The minimum atomic E-state index is -0.0361. The molecular formula is C22H23N3O2. The number of hydrogen-bond donors (Lipinski definition) is 1. The van der Waals surface area contributed by atoms with Crippen LogP contribution < -0.4 is 10.1 Å². The second kappa shape index (κ2) is 7.68. The summed E-state index contributed by atoms with van der Waals surface area (Å²) in [6, 6.07) is 21.5. The number of benzene rings is 2. The molecule has 2 aromatic carbocycles. The summed E-state index contributed by atoms with van der Waals surface area (Å²) in [5.41, 5.74) is 1.93. The minimum absolute atomic E-state index is 0.0361. The van der Waals surface area contributed by atoms with Crippen molar-refractivity contribution >= 4 is 11.6 Å². The topological polar surface area (TPSA) is 46.5 Å². The van der Waals surface area contributed by atoms with Crippen molar-refractivity contribution in [3.8, 4) is 11.5 Å². The predicted molar refractivity (Wildman–Crippen MR) is 106 cm³/mol. The molecule has 1 atom stereocenters. The maximum absolute atomic E-state index is 12.7. The van der Waals surface area contributed by atoms with E-state index in [1.807, 2.05) is 54.6 Å². The van der Waals surface area contributed by atoms with Gasteiger partial charge in [0.05, 0.1) is 12.2 Å². The number of carbonyl (C=O) groups excluding carboxylic acids is 1. The Balaban J connectivity index is 1.43. The fourth-order valence-electron chi connectivity index (χ4n) is 3.49. The average Bonchev–Trinajstić information content (AvgIpc) is 3.16. The summed E-state index contributed by atoms with van der Waals surface area (Å²) in [5.74, 6) is 1.34. The summed E-state index contributed by atoms with van der Waals surface area (Å²) in [4.78, 5) is 14.9. The first kappa shape index (κ1) is 17.4. The zero-order chi connectivity index (χ0) is 18.6. The molecule has 0 unspecified atom stereocenters. The Hall–Kier alpha value is -3.05. The Bertz CT molecular complexity index is 920. The number of rotatable bonds is 5. The van der Waals surface area contributed by atoms with Gasteiger partial charge in [0.15, 0.2) is 5.75 Å². The van der Waals surface area contributed by atoms with Crippen LogP contribution >= 0.6 is 0 Å². The molecule has 1 N–H and O–H groups in total. The van der Waals surface area contributed by atoms with Crippen LogP contribution in [0.2, 0.25) is 0 Å². The number of ether oxygens (including phenoxy) is 1. The van der Waals surface area contributed by atoms with E-state index < -0.39 is 0 Å². The quantitative estimate of drug-likeness (QED) is 0.737. The molecule has 27 heavy (non-hydrogen) atoms. The van der Waals surface area contributed by atoms with E-state index in [-0.39, 0.29) is 11.9 Å². The first-order valence-electron chi connectivity index (χ1n) is 9.21. The molecule has 0 aliphatic carbocycles. The van der Waals surface area contributed by atoms with E-state index in [0.29, 0.717) is 18.0 Å². The van der Waals surface area contributed by atoms with Gasteiger partial charge in [0, 0.05) is 31.0 Å². The van der Waals surface area contributed by atoms with Gasteiger partial charge in [0.1, 0.15) is 5.75 Å². The molecule has 5 heteroatoms. The van der Waals surface area contributed by atoms with Gasteiger partial charge >= 0.3 is 0 Å². The highest BCUT2D eigenvalue weighted by Gasteiger charge is 2.25. The molecule has 0 spiro atoms. The Morgan fingerprint density at radius 3 is 2.67 bits per heavy atom. The highest BCUT2D eigenvalue weighted by atomic mass is 16.5. The number of amides is 1. The van der Waals surface area contributed by atoms with E-state index in [2.05, 4.69) is 40.0 Å². The lowest BCUT2D eigenvalue weighted by Crippen LogP contribution is -2.41. The number of anilines is 1. The van der Waals surface area contributed by atoms with Gasteiger partial charge in [0.25, 0.3) is 0 Å². The van der Waals surface area contributed by atoms with Crippen molar-refractivity contribution in [2.45, 2.75) is 19.5 Å². The molecular weight excluding hydrogens is 338 g/mol. The van der Waals surface area contributed by atoms with E-state index in [9.17, 15) is 4.79 Å². The monoisotopic (exact) mass is 361 g/mol. The van der Waals surface area contributed by atoms with Crippen molar-refractivity contribution in [2.75, 3.05) is 18.4 Å². The third-order valence-electron chi connectivity index (χ3n) is 4.95. The van der Waals surface area contributed by atoms with Crippen LogP contribution in [0.4, 0.5) is 5.69 Å². The number of para-hydroxylation sites is 3. The number of nitrogens with zero attached hydrogens (tertiary/aromatic N) is 2. The molecule has 5 nitrogen and oxygen atoms in total. The second-order valence-electron chi connectivity index (χ2n) is 6.73. The van der Waals surface area contributed by atoms with Crippen LogP contribution in [0.25, 0.3) is 0 Å². The lowest BCUT2D eigenvalue weighted by molar-refractivity contribution is -0.118. The normalized spacial score (nSPS) is 16.6. The summed E-state index contributed by atoms with van der Waals surface area (Å²) < 4.78 is 8.18. The van der Waals surface area contributed by atoms with Gasteiger partial charge in [-0.05, 0) is 43.3 Å². The molecule has 0 fully saturated rings. The van der Waals surface area contributed by atoms with Crippen molar-refractivity contribution in [2.24, 2.45) is 0 Å². The third kappa shape index (κ3) is 3.88. The standard InChI is InChI=1S/C22H23N3O2/c1-17-20-11-7-13-24(20)14-15-25(17)16-22(26)23-19-10-5-6-12-21(19)27-18-8-3-2-4-9-18/h2-13,17H,14-16H2,1H3,(H,23,26)/t17-/m0/s1. The number of aromatic nitrogens is 1. The maximum Gasteiger partial charge on any atom is 0.238 e. The zero-order valence-corrected chi connectivity index (χ0v) is 15.3. The second-order valence-corrected chi connectivity index (χ2v) is 6.73. The van der Waals surface area contributed by atoms with Crippen LogP contribution in [-0.4, -0.2) is 28.5 Å². The van der Waals surface area contributed by atoms with Gasteiger partial charge in [-0.1, -0.05) is 30.3 Å². The lowest BCUT2D eigenvalue weighted by Gasteiger charge is -2.34. The van der Waals surface area contributed by atoms with Crippen LogP contribution in [0, 0.1) is 0 Å². The largest absolute Gasteiger partial charge is 0.455 e. The van der Waals surface area contributed by atoms with E-state index >= 15 is 0 Å². The van der Waals surface area contributed by atoms with Crippen molar-refractivity contribution in [1.29, 1.82) is 0 Å². The van der Waals surface area contributed by atoms with Crippen molar-refractivity contribution in [1.82, 2.24) is 9.47 Å². The maximum atomic E-state index is 12.7. The molecule has 0 saturated carbocycles. The van der Waals surface area contributed by atoms with Gasteiger partial charge < -0.3 is 14.6 Å². The lowest BCUT2D eigenvalue weighted by atomic mass is 10.1. The summed E-state index contributed by atoms with van der Waals surface area (Å²) >= 11 is 0.